The quantitative estimate of drug-likeness (QED) is 0.425. The van der Waals surface area contributed by atoms with E-state index in [1.54, 1.807) is 12.1 Å². The van der Waals surface area contributed by atoms with Gasteiger partial charge in [0.15, 0.2) is 0 Å². The van der Waals surface area contributed by atoms with E-state index in [0.717, 1.165) is 12.0 Å². The minimum atomic E-state index is -3.96. The zero-order valence-corrected chi connectivity index (χ0v) is 17.0. The first-order chi connectivity index (χ1) is 12.7. The van der Waals surface area contributed by atoms with Gasteiger partial charge >= 0.3 is 6.09 Å². The van der Waals surface area contributed by atoms with Gasteiger partial charge in [-0.3, -0.25) is 9.36 Å². The molecule has 0 saturated heterocycles. The fourth-order valence-corrected chi connectivity index (χ4v) is 3.44. The Morgan fingerprint density at radius 3 is 2.44 bits per heavy atom. The van der Waals surface area contributed by atoms with Gasteiger partial charge in [0.25, 0.3) is 7.52 Å². The molecule has 9 heteroatoms. The van der Waals surface area contributed by atoms with E-state index in [1.807, 2.05) is 39.0 Å². The Morgan fingerprint density at radius 2 is 1.85 bits per heavy atom. The fourth-order valence-electron chi connectivity index (χ4n) is 2.30. The Kier molecular flexibility index (Phi) is 10.1. The van der Waals surface area contributed by atoms with E-state index in [-0.39, 0.29) is 18.4 Å². The first-order valence-electron chi connectivity index (χ1n) is 9.05. The molecule has 0 radical (unpaired) electrons. The number of nitrogens with one attached hydrogen (secondary N) is 3. The van der Waals surface area contributed by atoms with Gasteiger partial charge in [-0.25, -0.2) is 9.88 Å². The third-order valence-electron chi connectivity index (χ3n) is 3.58. The number of benzene rings is 1. The van der Waals surface area contributed by atoms with Crippen LogP contribution in [0.25, 0.3) is 0 Å². The van der Waals surface area contributed by atoms with E-state index in [1.165, 1.54) is 0 Å². The van der Waals surface area contributed by atoms with Crippen molar-refractivity contribution in [3.63, 3.8) is 0 Å². The van der Waals surface area contributed by atoms with E-state index >= 15 is 0 Å². The number of hydrogen-bond acceptors (Lipinski definition) is 4. The molecule has 2 amide bonds. The molecule has 1 rings (SSSR count). The summed E-state index contributed by atoms with van der Waals surface area (Å²) in [4.78, 5) is 34.0. The topological polar surface area (TPSA) is 117 Å². The summed E-state index contributed by atoms with van der Waals surface area (Å²) in [5.41, 5.74) is 0.808. The molecule has 0 aromatic heterocycles. The standard InChI is InChI=1S/C18H30N3O5P/c1-4-10-19-17(22)16(11-14(2)3)21-27(24,25)13-20-18(23)26-12-15-8-6-5-7-9-15/h5-9,14,16H,4,10-13H2,1-3H3,(H,19,22)(H,20,23)(H2,21,24,25)/t16-/m0/s1. The van der Waals surface area contributed by atoms with Gasteiger partial charge in [0.2, 0.25) is 5.91 Å². The molecule has 1 aromatic carbocycles. The van der Waals surface area contributed by atoms with Gasteiger partial charge in [0.05, 0.1) is 6.04 Å². The molecule has 27 heavy (non-hydrogen) atoms. The van der Waals surface area contributed by atoms with Crippen molar-refractivity contribution < 1.29 is 23.8 Å². The summed E-state index contributed by atoms with van der Waals surface area (Å²) in [6, 6.07) is 8.28. The summed E-state index contributed by atoms with van der Waals surface area (Å²) in [5, 5.41) is 7.47. The number of ether oxygens (including phenoxy) is 1. The van der Waals surface area contributed by atoms with E-state index in [9.17, 15) is 19.0 Å². The first-order valence-corrected chi connectivity index (χ1v) is 10.9. The molecule has 0 aliphatic heterocycles. The van der Waals surface area contributed by atoms with Gasteiger partial charge in [-0.05, 0) is 24.3 Å². The summed E-state index contributed by atoms with van der Waals surface area (Å²) >= 11 is 0. The maximum atomic E-state index is 12.4. The van der Waals surface area contributed by atoms with Crippen molar-refractivity contribution in [3.8, 4) is 0 Å². The van der Waals surface area contributed by atoms with Gasteiger partial charge < -0.3 is 20.3 Å². The lowest BCUT2D eigenvalue weighted by atomic mass is 10.0. The van der Waals surface area contributed by atoms with Gasteiger partial charge in [-0.1, -0.05) is 51.1 Å². The second kappa shape index (κ2) is 11.7. The molecule has 1 aromatic rings. The SMILES string of the molecule is CCCNC(=O)[C@H](CC(C)C)NP(=O)(O)CNC(=O)OCc1ccccc1. The summed E-state index contributed by atoms with van der Waals surface area (Å²) in [6.45, 7) is 6.32. The van der Waals surface area contributed by atoms with Gasteiger partial charge in [-0.15, -0.1) is 0 Å². The summed E-state index contributed by atoms with van der Waals surface area (Å²) < 4.78 is 17.4. The smallest absolute Gasteiger partial charge is 0.407 e. The first kappa shape index (κ1) is 23.1. The third-order valence-corrected chi connectivity index (χ3v) is 4.88. The Labute approximate surface area is 160 Å². The number of alkyl carbamates (subject to hydrolysis) is 1. The van der Waals surface area contributed by atoms with E-state index in [0.29, 0.717) is 13.0 Å². The zero-order valence-electron chi connectivity index (χ0n) is 16.1. The van der Waals surface area contributed by atoms with Crippen molar-refractivity contribution in [2.75, 3.05) is 12.8 Å². The Hall–Kier alpha value is -1.89. The molecule has 152 valence electrons. The molecule has 0 fully saturated rings. The highest BCUT2D eigenvalue weighted by Crippen LogP contribution is 2.35. The fraction of sp³-hybridized carbons (Fsp3) is 0.556. The second-order valence-electron chi connectivity index (χ2n) is 6.70. The third kappa shape index (κ3) is 10.1. The monoisotopic (exact) mass is 399 g/mol. The van der Waals surface area contributed by atoms with Crippen LogP contribution in [0, 0.1) is 5.92 Å². The molecule has 0 aliphatic rings. The van der Waals surface area contributed by atoms with Crippen molar-refractivity contribution in [1.29, 1.82) is 0 Å². The van der Waals surface area contributed by atoms with E-state index < -0.39 is 25.9 Å². The molecule has 8 nitrogen and oxygen atoms in total. The zero-order chi connectivity index (χ0) is 20.3. The Morgan fingerprint density at radius 1 is 1.19 bits per heavy atom. The molecular formula is C18H30N3O5P. The van der Waals surface area contributed by atoms with Crippen LogP contribution in [0.1, 0.15) is 39.2 Å². The average Bonchev–Trinajstić information content (AvgIpc) is 2.62. The van der Waals surface area contributed by atoms with Gasteiger partial charge in [-0.2, -0.15) is 0 Å². The minimum absolute atomic E-state index is 0.0607. The lowest BCUT2D eigenvalue weighted by Gasteiger charge is -2.23. The van der Waals surface area contributed by atoms with Crippen LogP contribution < -0.4 is 15.7 Å². The lowest BCUT2D eigenvalue weighted by molar-refractivity contribution is -0.123. The van der Waals surface area contributed by atoms with Gasteiger partial charge in [0, 0.05) is 6.54 Å². The minimum Gasteiger partial charge on any atom is -0.445 e. The Balaban J connectivity index is 2.51. The van der Waals surface area contributed by atoms with Crippen LogP contribution in [0.5, 0.6) is 0 Å². The summed E-state index contributed by atoms with van der Waals surface area (Å²) in [5.74, 6) is -0.176. The molecule has 1 unspecified atom stereocenters. The molecule has 0 spiro atoms. The van der Waals surface area contributed by atoms with Crippen LogP contribution in [0.4, 0.5) is 4.79 Å². The normalized spacial score (nSPS) is 14.3. The van der Waals surface area contributed by atoms with Crippen molar-refractivity contribution in [3.05, 3.63) is 35.9 Å². The second-order valence-corrected chi connectivity index (χ2v) is 8.68. The number of hydrogen-bond donors (Lipinski definition) is 4. The highest BCUT2D eigenvalue weighted by molar-refractivity contribution is 7.55. The molecule has 0 aliphatic carbocycles. The molecule has 4 N–H and O–H groups in total. The largest absolute Gasteiger partial charge is 0.445 e. The van der Waals surface area contributed by atoms with Gasteiger partial charge in [0.1, 0.15) is 12.9 Å². The highest BCUT2D eigenvalue weighted by Gasteiger charge is 2.28. The van der Waals surface area contributed by atoms with Crippen LogP contribution in [-0.2, 0) is 20.7 Å². The summed E-state index contributed by atoms with van der Waals surface area (Å²) in [6.07, 6.45) is -0.161. The van der Waals surface area contributed by atoms with Crippen molar-refractivity contribution in [1.82, 2.24) is 15.7 Å². The predicted molar refractivity (Wildman–Crippen MR) is 104 cm³/mol. The molecule has 0 saturated carbocycles. The molecule has 0 bridgehead atoms. The van der Waals surface area contributed by atoms with Crippen LogP contribution in [0.15, 0.2) is 30.3 Å². The number of rotatable bonds is 11. The lowest BCUT2D eigenvalue weighted by Crippen LogP contribution is -2.45. The van der Waals surface area contributed by atoms with Crippen LogP contribution in [0.3, 0.4) is 0 Å². The maximum absolute atomic E-state index is 12.4. The van der Waals surface area contributed by atoms with E-state index in [4.69, 9.17) is 4.74 Å². The average molecular weight is 399 g/mol. The van der Waals surface area contributed by atoms with Crippen LogP contribution >= 0.6 is 7.52 Å². The van der Waals surface area contributed by atoms with Crippen molar-refractivity contribution >= 4 is 19.5 Å². The molecule has 2 atom stereocenters. The molecular weight excluding hydrogens is 369 g/mol. The highest BCUT2D eigenvalue weighted by atomic mass is 31.2. The Bertz CT molecular complexity index is 639. The van der Waals surface area contributed by atoms with Crippen molar-refractivity contribution in [2.24, 2.45) is 5.92 Å². The van der Waals surface area contributed by atoms with E-state index in [2.05, 4.69) is 15.7 Å². The number of carbonyl (C=O) groups is 2. The van der Waals surface area contributed by atoms with Crippen molar-refractivity contribution in [2.45, 2.75) is 46.3 Å². The maximum Gasteiger partial charge on any atom is 0.407 e. The number of carbonyl (C=O) groups excluding carboxylic acids is 2. The van der Waals surface area contributed by atoms with Crippen LogP contribution in [0.2, 0.25) is 0 Å². The number of amides is 2. The predicted octanol–water partition coefficient (Wildman–Crippen LogP) is 2.59. The van der Waals surface area contributed by atoms with Crippen LogP contribution in [-0.4, -0.2) is 35.8 Å². The summed E-state index contributed by atoms with van der Waals surface area (Å²) in [7, 11) is -3.96. The molecule has 0 heterocycles.